The number of primary amides is 1. The summed E-state index contributed by atoms with van der Waals surface area (Å²) in [5.74, 6) is 1.34. The van der Waals surface area contributed by atoms with Crippen molar-refractivity contribution in [3.63, 3.8) is 0 Å². The number of anilines is 1. The number of nitrogens with zero attached hydrogens (tertiary/aromatic N) is 2. The lowest BCUT2D eigenvalue weighted by Gasteiger charge is -2.10. The molecule has 0 fully saturated rings. The molecule has 8 heteroatoms. The van der Waals surface area contributed by atoms with Crippen LogP contribution in [0.15, 0.2) is 35.7 Å². The van der Waals surface area contributed by atoms with Crippen LogP contribution in [0.3, 0.4) is 0 Å². The number of methoxy groups -OCH3 is 1. The van der Waals surface area contributed by atoms with Crippen molar-refractivity contribution in [3.05, 3.63) is 41.5 Å². The number of hydrogen-bond donors (Lipinski definition) is 3. The first-order chi connectivity index (χ1) is 12.2. The summed E-state index contributed by atoms with van der Waals surface area (Å²) in [7, 11) is 1.61. The highest BCUT2D eigenvalue weighted by Crippen LogP contribution is 2.36. The SMILES string of the molecule is COCc1nc(NCCNC(N)=O)c2c(-c3ccccc3)csc2n1. The predicted octanol–water partition coefficient (Wildman–Crippen LogP) is 2.58. The van der Waals surface area contributed by atoms with Gasteiger partial charge < -0.3 is 21.1 Å². The zero-order chi connectivity index (χ0) is 17.6. The van der Waals surface area contributed by atoms with Gasteiger partial charge in [0.1, 0.15) is 17.3 Å². The van der Waals surface area contributed by atoms with Gasteiger partial charge in [-0.2, -0.15) is 0 Å². The number of nitrogens with one attached hydrogen (secondary N) is 2. The number of rotatable bonds is 7. The molecule has 4 N–H and O–H groups in total. The lowest BCUT2D eigenvalue weighted by Crippen LogP contribution is -2.33. The van der Waals surface area contributed by atoms with E-state index in [1.165, 1.54) is 0 Å². The maximum atomic E-state index is 10.8. The first-order valence-electron chi connectivity index (χ1n) is 7.78. The molecule has 0 atom stereocenters. The van der Waals surface area contributed by atoms with E-state index >= 15 is 0 Å². The molecule has 3 rings (SSSR count). The molecule has 0 spiro atoms. The molecule has 0 saturated heterocycles. The number of hydrogen-bond acceptors (Lipinski definition) is 6. The topological polar surface area (TPSA) is 102 Å². The standard InChI is InChI=1S/C17H19N5O2S/c1-24-9-13-21-15(19-7-8-20-17(18)23)14-12(10-25-16(14)22-13)11-5-3-2-4-6-11/h2-6,10H,7-9H2,1H3,(H3,18,20,23)(H,19,21,22). The maximum Gasteiger partial charge on any atom is 0.312 e. The highest BCUT2D eigenvalue weighted by molar-refractivity contribution is 7.17. The Labute approximate surface area is 149 Å². The minimum Gasteiger partial charge on any atom is -0.377 e. The summed E-state index contributed by atoms with van der Waals surface area (Å²) >= 11 is 1.57. The third kappa shape index (κ3) is 4.04. The second-order valence-corrected chi connectivity index (χ2v) is 6.19. The van der Waals surface area contributed by atoms with Gasteiger partial charge in [-0.25, -0.2) is 14.8 Å². The molecular formula is C17H19N5O2S. The van der Waals surface area contributed by atoms with Crippen LogP contribution in [-0.2, 0) is 11.3 Å². The van der Waals surface area contributed by atoms with Gasteiger partial charge in [0.25, 0.3) is 0 Å². The largest absolute Gasteiger partial charge is 0.377 e. The Morgan fingerprint density at radius 3 is 2.76 bits per heavy atom. The van der Waals surface area contributed by atoms with Crippen molar-refractivity contribution >= 4 is 33.4 Å². The molecular weight excluding hydrogens is 338 g/mol. The van der Waals surface area contributed by atoms with Crippen LogP contribution in [0.5, 0.6) is 0 Å². The number of amides is 2. The molecule has 2 heterocycles. The van der Waals surface area contributed by atoms with Crippen molar-refractivity contribution < 1.29 is 9.53 Å². The third-order valence-electron chi connectivity index (χ3n) is 3.55. The number of urea groups is 1. The van der Waals surface area contributed by atoms with E-state index < -0.39 is 6.03 Å². The van der Waals surface area contributed by atoms with E-state index in [2.05, 4.69) is 38.1 Å². The molecule has 2 aromatic heterocycles. The Hall–Kier alpha value is -2.71. The van der Waals surface area contributed by atoms with Gasteiger partial charge in [0.2, 0.25) is 0 Å². The minimum atomic E-state index is -0.546. The number of fused-ring (bicyclic) bond motifs is 1. The Morgan fingerprint density at radius 2 is 2.04 bits per heavy atom. The maximum absolute atomic E-state index is 10.8. The molecule has 0 saturated carbocycles. The van der Waals surface area contributed by atoms with E-state index in [1.807, 2.05) is 18.2 Å². The van der Waals surface area contributed by atoms with Gasteiger partial charge in [-0.1, -0.05) is 30.3 Å². The van der Waals surface area contributed by atoms with E-state index in [0.29, 0.717) is 25.5 Å². The number of thiophene rings is 1. The van der Waals surface area contributed by atoms with E-state index in [0.717, 1.165) is 27.2 Å². The van der Waals surface area contributed by atoms with Crippen LogP contribution in [0.2, 0.25) is 0 Å². The third-order valence-corrected chi connectivity index (χ3v) is 4.43. The highest BCUT2D eigenvalue weighted by atomic mass is 32.1. The lowest BCUT2D eigenvalue weighted by atomic mass is 10.1. The first kappa shape index (κ1) is 17.1. The first-order valence-corrected chi connectivity index (χ1v) is 8.66. The normalized spacial score (nSPS) is 10.8. The Kier molecular flexibility index (Phi) is 5.42. The van der Waals surface area contributed by atoms with Crippen LogP contribution in [0.4, 0.5) is 10.6 Å². The summed E-state index contributed by atoms with van der Waals surface area (Å²) in [5, 5.41) is 8.87. The molecule has 0 radical (unpaired) electrons. The van der Waals surface area contributed by atoms with Crippen molar-refractivity contribution in [1.82, 2.24) is 15.3 Å². The quantitative estimate of drug-likeness (QED) is 0.564. The van der Waals surface area contributed by atoms with Gasteiger partial charge in [-0.15, -0.1) is 11.3 Å². The Bertz CT molecular complexity index is 866. The van der Waals surface area contributed by atoms with Crippen LogP contribution in [-0.4, -0.2) is 36.2 Å². The number of nitrogens with two attached hydrogens (primary N) is 1. The van der Waals surface area contributed by atoms with Crippen molar-refractivity contribution in [2.75, 3.05) is 25.5 Å². The monoisotopic (exact) mass is 357 g/mol. The van der Waals surface area contributed by atoms with Crippen molar-refractivity contribution in [1.29, 1.82) is 0 Å². The molecule has 1 aromatic carbocycles. The predicted molar refractivity (Wildman–Crippen MR) is 99.6 cm³/mol. The number of ether oxygens (including phenoxy) is 1. The average molecular weight is 357 g/mol. The second kappa shape index (κ2) is 7.91. The van der Waals surface area contributed by atoms with Gasteiger partial charge in [-0.05, 0) is 5.56 Å². The van der Waals surface area contributed by atoms with Gasteiger partial charge in [0, 0.05) is 31.1 Å². The second-order valence-electron chi connectivity index (χ2n) is 5.33. The molecule has 7 nitrogen and oxygen atoms in total. The molecule has 0 unspecified atom stereocenters. The molecule has 0 bridgehead atoms. The fourth-order valence-corrected chi connectivity index (χ4v) is 3.47. The molecule has 2 amide bonds. The van der Waals surface area contributed by atoms with E-state index in [1.54, 1.807) is 18.4 Å². The van der Waals surface area contributed by atoms with Crippen LogP contribution >= 0.6 is 11.3 Å². The molecule has 130 valence electrons. The highest BCUT2D eigenvalue weighted by Gasteiger charge is 2.15. The minimum absolute atomic E-state index is 0.336. The smallest absolute Gasteiger partial charge is 0.312 e. The molecule has 0 aliphatic carbocycles. The van der Waals surface area contributed by atoms with Crippen LogP contribution in [0, 0.1) is 0 Å². The average Bonchev–Trinajstić information content (AvgIpc) is 3.03. The Balaban J connectivity index is 1.98. The fraction of sp³-hybridized carbons (Fsp3) is 0.235. The molecule has 0 aliphatic rings. The summed E-state index contributed by atoms with van der Waals surface area (Å²) < 4.78 is 5.16. The van der Waals surface area contributed by atoms with E-state index in [-0.39, 0.29) is 0 Å². The van der Waals surface area contributed by atoms with Gasteiger partial charge in [-0.3, -0.25) is 0 Å². The van der Waals surface area contributed by atoms with Gasteiger partial charge in [0.05, 0.1) is 5.39 Å². The molecule has 25 heavy (non-hydrogen) atoms. The van der Waals surface area contributed by atoms with Crippen molar-refractivity contribution in [2.45, 2.75) is 6.61 Å². The number of carbonyl (C=O) groups is 1. The van der Waals surface area contributed by atoms with Crippen molar-refractivity contribution in [3.8, 4) is 11.1 Å². The van der Waals surface area contributed by atoms with E-state index in [9.17, 15) is 4.79 Å². The Morgan fingerprint density at radius 1 is 1.24 bits per heavy atom. The summed E-state index contributed by atoms with van der Waals surface area (Å²) in [5.41, 5.74) is 7.28. The number of carbonyl (C=O) groups excluding carboxylic acids is 1. The lowest BCUT2D eigenvalue weighted by molar-refractivity contribution is 0.178. The molecule has 0 aliphatic heterocycles. The summed E-state index contributed by atoms with van der Waals surface area (Å²) in [6.45, 7) is 1.25. The summed E-state index contributed by atoms with van der Waals surface area (Å²) in [6.07, 6.45) is 0. The summed E-state index contributed by atoms with van der Waals surface area (Å²) in [6, 6.07) is 9.56. The van der Waals surface area contributed by atoms with Crippen LogP contribution in [0.1, 0.15) is 5.82 Å². The zero-order valence-corrected chi connectivity index (χ0v) is 14.6. The zero-order valence-electron chi connectivity index (χ0n) is 13.8. The van der Waals surface area contributed by atoms with Crippen LogP contribution in [0.25, 0.3) is 21.3 Å². The van der Waals surface area contributed by atoms with Gasteiger partial charge in [0.15, 0.2) is 5.82 Å². The van der Waals surface area contributed by atoms with Crippen LogP contribution < -0.4 is 16.4 Å². The van der Waals surface area contributed by atoms with Crippen molar-refractivity contribution in [2.24, 2.45) is 5.73 Å². The van der Waals surface area contributed by atoms with Gasteiger partial charge >= 0.3 is 6.03 Å². The number of aromatic nitrogens is 2. The number of benzene rings is 1. The summed E-state index contributed by atoms with van der Waals surface area (Å²) in [4.78, 5) is 20.9. The fourth-order valence-electron chi connectivity index (χ4n) is 2.50. The van der Waals surface area contributed by atoms with E-state index in [4.69, 9.17) is 10.5 Å². The molecule has 3 aromatic rings.